The van der Waals surface area contributed by atoms with E-state index < -0.39 is 21.3 Å². The molecule has 1 aliphatic carbocycles. The summed E-state index contributed by atoms with van der Waals surface area (Å²) in [6.07, 6.45) is 7.33. The number of nitrogens with one attached hydrogen (secondary N) is 3. The second-order valence-electron chi connectivity index (χ2n) is 5.87. The summed E-state index contributed by atoms with van der Waals surface area (Å²) in [4.78, 5) is 27.6. The zero-order chi connectivity index (χ0) is 17.2. The topological polar surface area (TPSA) is 112 Å². The van der Waals surface area contributed by atoms with E-state index in [1.54, 1.807) is 0 Å². The number of benzene rings is 1. The quantitative estimate of drug-likeness (QED) is 0.708. The van der Waals surface area contributed by atoms with E-state index in [1.165, 1.54) is 30.2 Å². The summed E-state index contributed by atoms with van der Waals surface area (Å²) in [6, 6.07) is 4.07. The van der Waals surface area contributed by atoms with E-state index in [1.807, 2.05) is 0 Å². The molecule has 0 amide bonds. The van der Waals surface area contributed by atoms with Gasteiger partial charge in [-0.1, -0.05) is 11.6 Å². The van der Waals surface area contributed by atoms with Gasteiger partial charge in [-0.2, -0.15) is 0 Å². The molecule has 0 radical (unpaired) electrons. The summed E-state index contributed by atoms with van der Waals surface area (Å²) in [5, 5.41) is 0.132. The molecule has 1 aliphatic rings. The van der Waals surface area contributed by atoms with Gasteiger partial charge in [-0.15, -0.1) is 0 Å². The molecule has 2 aromatic rings. The van der Waals surface area contributed by atoms with Crippen molar-refractivity contribution in [2.24, 2.45) is 0 Å². The largest absolute Gasteiger partial charge is 0.326 e. The Morgan fingerprint density at radius 1 is 1.12 bits per heavy atom. The van der Waals surface area contributed by atoms with Crippen LogP contribution in [0.3, 0.4) is 0 Å². The first kappa shape index (κ1) is 16.7. The van der Waals surface area contributed by atoms with Gasteiger partial charge in [-0.25, -0.2) is 17.9 Å². The Balaban J connectivity index is 1.79. The first-order valence-corrected chi connectivity index (χ1v) is 9.38. The number of aromatic nitrogens is 2. The number of fused-ring (bicyclic) bond motifs is 1. The molecule has 0 saturated carbocycles. The van der Waals surface area contributed by atoms with E-state index in [2.05, 4.69) is 20.8 Å². The van der Waals surface area contributed by atoms with Crippen LogP contribution in [0, 0.1) is 0 Å². The molecule has 3 rings (SSSR count). The number of aromatic amines is 2. The van der Waals surface area contributed by atoms with Gasteiger partial charge in [0.15, 0.2) is 0 Å². The van der Waals surface area contributed by atoms with Crippen LogP contribution in [0.4, 0.5) is 0 Å². The third-order valence-electron chi connectivity index (χ3n) is 4.14. The molecule has 0 fully saturated rings. The van der Waals surface area contributed by atoms with Crippen molar-refractivity contribution in [2.75, 3.05) is 6.54 Å². The van der Waals surface area contributed by atoms with Crippen molar-refractivity contribution in [3.8, 4) is 0 Å². The number of H-pyrrole nitrogens is 2. The van der Waals surface area contributed by atoms with Gasteiger partial charge in [-0.05, 0) is 50.3 Å². The molecule has 24 heavy (non-hydrogen) atoms. The van der Waals surface area contributed by atoms with Crippen molar-refractivity contribution < 1.29 is 8.42 Å². The minimum atomic E-state index is -3.70. The SMILES string of the molecule is O=c1[nH]c(=O)c2cc(S(=O)(=O)NCCC3=CCCCC3)ccc2[nH]1. The van der Waals surface area contributed by atoms with E-state index >= 15 is 0 Å². The molecule has 0 aliphatic heterocycles. The zero-order valence-corrected chi connectivity index (χ0v) is 13.9. The number of rotatable bonds is 5. The van der Waals surface area contributed by atoms with Crippen LogP contribution in [0.25, 0.3) is 10.9 Å². The van der Waals surface area contributed by atoms with Gasteiger partial charge in [0, 0.05) is 6.54 Å². The maximum Gasteiger partial charge on any atom is 0.326 e. The molecule has 1 heterocycles. The maximum absolute atomic E-state index is 12.4. The monoisotopic (exact) mass is 349 g/mol. The minimum absolute atomic E-state index is 0.00479. The Morgan fingerprint density at radius 2 is 1.96 bits per heavy atom. The summed E-state index contributed by atoms with van der Waals surface area (Å²) in [6.45, 7) is 0.328. The van der Waals surface area contributed by atoms with Crippen LogP contribution in [0.15, 0.2) is 44.3 Å². The van der Waals surface area contributed by atoms with Gasteiger partial charge in [0.1, 0.15) is 0 Å². The van der Waals surface area contributed by atoms with Gasteiger partial charge in [0.2, 0.25) is 10.0 Å². The van der Waals surface area contributed by atoms with E-state index in [-0.39, 0.29) is 10.3 Å². The number of sulfonamides is 1. The standard InChI is InChI=1S/C16H19N3O4S/c20-15-13-10-12(6-7-14(13)18-16(21)19-15)24(22,23)17-9-8-11-4-2-1-3-5-11/h4,6-7,10,17H,1-3,5,8-9H2,(H2,18,19,20,21). The molecule has 8 heteroatoms. The predicted octanol–water partition coefficient (Wildman–Crippen LogP) is 1.39. The summed E-state index contributed by atoms with van der Waals surface area (Å²) < 4.78 is 27.3. The fraction of sp³-hybridized carbons (Fsp3) is 0.375. The molecular formula is C16H19N3O4S. The number of hydrogen-bond acceptors (Lipinski definition) is 4. The minimum Gasteiger partial charge on any atom is -0.307 e. The molecule has 128 valence electrons. The molecule has 0 saturated heterocycles. The highest BCUT2D eigenvalue weighted by Gasteiger charge is 2.15. The molecule has 1 aromatic heterocycles. The molecular weight excluding hydrogens is 330 g/mol. The van der Waals surface area contributed by atoms with E-state index in [4.69, 9.17) is 0 Å². The lowest BCUT2D eigenvalue weighted by molar-refractivity contribution is 0.579. The number of allylic oxidation sites excluding steroid dienone is 1. The van der Waals surface area contributed by atoms with Crippen molar-refractivity contribution in [3.05, 3.63) is 50.7 Å². The Hall–Kier alpha value is -2.19. The fourth-order valence-corrected chi connectivity index (χ4v) is 3.93. The van der Waals surface area contributed by atoms with Crippen LogP contribution >= 0.6 is 0 Å². The van der Waals surface area contributed by atoms with E-state index in [0.717, 1.165) is 19.3 Å². The smallest absolute Gasteiger partial charge is 0.307 e. The lowest BCUT2D eigenvalue weighted by atomic mass is 9.97. The molecule has 1 aromatic carbocycles. The molecule has 0 atom stereocenters. The van der Waals surface area contributed by atoms with Crippen LogP contribution in [0.5, 0.6) is 0 Å². The van der Waals surface area contributed by atoms with E-state index in [9.17, 15) is 18.0 Å². The predicted molar refractivity (Wildman–Crippen MR) is 91.5 cm³/mol. The Morgan fingerprint density at radius 3 is 2.71 bits per heavy atom. The summed E-state index contributed by atoms with van der Waals surface area (Å²) in [5.41, 5.74) is 0.353. The molecule has 0 unspecified atom stereocenters. The van der Waals surface area contributed by atoms with Crippen LogP contribution in [-0.4, -0.2) is 24.9 Å². The van der Waals surface area contributed by atoms with Crippen LogP contribution < -0.4 is 16.0 Å². The molecule has 0 spiro atoms. The van der Waals surface area contributed by atoms with Crippen molar-refractivity contribution >= 4 is 20.9 Å². The second-order valence-corrected chi connectivity index (χ2v) is 7.64. The average Bonchev–Trinajstić information content (AvgIpc) is 2.55. The van der Waals surface area contributed by atoms with Crippen molar-refractivity contribution in [1.29, 1.82) is 0 Å². The highest BCUT2D eigenvalue weighted by atomic mass is 32.2. The fourth-order valence-electron chi connectivity index (χ4n) is 2.87. The highest BCUT2D eigenvalue weighted by Crippen LogP contribution is 2.20. The molecule has 3 N–H and O–H groups in total. The van der Waals surface area contributed by atoms with Gasteiger partial charge in [0.25, 0.3) is 5.56 Å². The van der Waals surface area contributed by atoms with Gasteiger partial charge in [-0.3, -0.25) is 9.78 Å². The maximum atomic E-state index is 12.4. The Labute approximate surface area is 138 Å². The Kier molecular flexibility index (Phi) is 4.68. The lowest BCUT2D eigenvalue weighted by Crippen LogP contribution is -2.26. The zero-order valence-electron chi connectivity index (χ0n) is 13.1. The normalized spacial score (nSPS) is 15.4. The first-order chi connectivity index (χ1) is 11.5. The van der Waals surface area contributed by atoms with Gasteiger partial charge >= 0.3 is 5.69 Å². The lowest BCUT2D eigenvalue weighted by Gasteiger charge is -2.13. The number of hydrogen-bond donors (Lipinski definition) is 3. The second kappa shape index (κ2) is 6.74. The third-order valence-corrected chi connectivity index (χ3v) is 5.60. The third kappa shape index (κ3) is 3.65. The molecule has 0 bridgehead atoms. The highest BCUT2D eigenvalue weighted by molar-refractivity contribution is 7.89. The van der Waals surface area contributed by atoms with Crippen molar-refractivity contribution in [3.63, 3.8) is 0 Å². The van der Waals surface area contributed by atoms with Crippen molar-refractivity contribution in [1.82, 2.24) is 14.7 Å². The summed E-state index contributed by atoms with van der Waals surface area (Å²) in [5.74, 6) is 0. The summed E-state index contributed by atoms with van der Waals surface area (Å²) >= 11 is 0. The van der Waals surface area contributed by atoms with Crippen LogP contribution in [0.2, 0.25) is 0 Å². The Bertz CT molecular complexity index is 1000. The van der Waals surface area contributed by atoms with Gasteiger partial charge in [0.05, 0.1) is 15.8 Å². The van der Waals surface area contributed by atoms with Gasteiger partial charge < -0.3 is 4.98 Å². The van der Waals surface area contributed by atoms with E-state index in [0.29, 0.717) is 18.5 Å². The summed E-state index contributed by atoms with van der Waals surface area (Å²) in [7, 11) is -3.70. The van der Waals surface area contributed by atoms with Crippen LogP contribution in [-0.2, 0) is 10.0 Å². The van der Waals surface area contributed by atoms with Crippen molar-refractivity contribution in [2.45, 2.75) is 37.0 Å². The molecule has 7 nitrogen and oxygen atoms in total. The first-order valence-electron chi connectivity index (χ1n) is 7.90. The van der Waals surface area contributed by atoms with Crippen LogP contribution in [0.1, 0.15) is 32.1 Å². The average molecular weight is 349 g/mol.